The molecule has 1 amide bonds. The smallest absolute Gasteiger partial charge is 0.239 e. The molecule has 108 valence electrons. The molecule has 0 unspecified atom stereocenters. The summed E-state index contributed by atoms with van der Waals surface area (Å²) in [7, 11) is 1.78. The van der Waals surface area contributed by atoms with Crippen molar-refractivity contribution in [1.82, 2.24) is 15.5 Å². The minimum absolute atomic E-state index is 0.0242. The summed E-state index contributed by atoms with van der Waals surface area (Å²) in [5.41, 5.74) is 8.15. The molecular formula is C13H19N5OS. The predicted octanol–water partition coefficient (Wildman–Crippen LogP) is 0.442. The van der Waals surface area contributed by atoms with Crippen molar-refractivity contribution >= 4 is 28.9 Å². The first-order valence-corrected chi connectivity index (χ1v) is 6.95. The molecule has 1 aromatic heterocycles. The fourth-order valence-electron chi connectivity index (χ4n) is 1.95. The standard InChI is InChI=1S/C13H19N5OS/c1-7-8(2)16-17-13(11(7)12(14)20)18(3)6-10(19)15-9-4-5-9/h9H,4-6H2,1-3H3,(H2,14,20)(H,15,19). The maximum atomic E-state index is 11.8. The van der Waals surface area contributed by atoms with E-state index in [1.54, 1.807) is 11.9 Å². The lowest BCUT2D eigenvalue weighted by Crippen LogP contribution is -2.37. The van der Waals surface area contributed by atoms with E-state index in [4.69, 9.17) is 18.0 Å². The van der Waals surface area contributed by atoms with Gasteiger partial charge in [-0.1, -0.05) is 12.2 Å². The number of thiocarbonyl (C=S) groups is 1. The Balaban J connectivity index is 2.19. The number of nitrogens with two attached hydrogens (primary N) is 1. The third-order valence-corrected chi connectivity index (χ3v) is 3.57. The lowest BCUT2D eigenvalue weighted by atomic mass is 10.1. The van der Waals surface area contributed by atoms with Gasteiger partial charge >= 0.3 is 0 Å². The fraction of sp³-hybridized carbons (Fsp3) is 0.538. The lowest BCUT2D eigenvalue weighted by molar-refractivity contribution is -0.119. The lowest BCUT2D eigenvalue weighted by Gasteiger charge is -2.21. The summed E-state index contributed by atoms with van der Waals surface area (Å²) in [4.78, 5) is 13.8. The van der Waals surface area contributed by atoms with E-state index < -0.39 is 0 Å². The van der Waals surface area contributed by atoms with Gasteiger partial charge in [0.2, 0.25) is 5.91 Å². The van der Waals surface area contributed by atoms with E-state index in [0.29, 0.717) is 17.4 Å². The molecule has 1 aliphatic carbocycles. The van der Waals surface area contributed by atoms with Crippen molar-refractivity contribution in [2.45, 2.75) is 32.7 Å². The Hall–Kier alpha value is -1.76. The number of aromatic nitrogens is 2. The summed E-state index contributed by atoms with van der Waals surface area (Å²) in [6, 6.07) is 0.344. The van der Waals surface area contributed by atoms with Gasteiger partial charge in [0.25, 0.3) is 0 Å². The molecule has 0 atom stereocenters. The molecule has 1 saturated carbocycles. The van der Waals surface area contributed by atoms with Gasteiger partial charge in [-0.15, -0.1) is 5.10 Å². The second-order valence-corrected chi connectivity index (χ2v) is 5.61. The third kappa shape index (κ3) is 3.22. The molecule has 1 fully saturated rings. The van der Waals surface area contributed by atoms with Gasteiger partial charge in [-0.3, -0.25) is 4.79 Å². The van der Waals surface area contributed by atoms with Gasteiger partial charge in [0.1, 0.15) is 4.99 Å². The molecule has 0 saturated heterocycles. The summed E-state index contributed by atoms with van der Waals surface area (Å²) in [5, 5.41) is 11.2. The number of anilines is 1. The van der Waals surface area contributed by atoms with Crippen LogP contribution in [0.3, 0.4) is 0 Å². The van der Waals surface area contributed by atoms with Crippen molar-refractivity contribution < 1.29 is 4.79 Å². The number of aryl methyl sites for hydroxylation is 1. The van der Waals surface area contributed by atoms with Crippen LogP contribution in [0.2, 0.25) is 0 Å². The van der Waals surface area contributed by atoms with Gasteiger partial charge in [0.15, 0.2) is 5.82 Å². The van der Waals surface area contributed by atoms with Crippen LogP contribution in [-0.4, -0.2) is 40.7 Å². The van der Waals surface area contributed by atoms with Crippen molar-refractivity contribution in [3.63, 3.8) is 0 Å². The topological polar surface area (TPSA) is 84.1 Å². The van der Waals surface area contributed by atoms with Crippen molar-refractivity contribution in [1.29, 1.82) is 0 Å². The van der Waals surface area contributed by atoms with E-state index in [-0.39, 0.29) is 17.4 Å². The predicted molar refractivity (Wildman–Crippen MR) is 81.8 cm³/mol. The van der Waals surface area contributed by atoms with Gasteiger partial charge in [-0.2, -0.15) is 5.10 Å². The quantitative estimate of drug-likeness (QED) is 0.767. The molecule has 0 aliphatic heterocycles. The third-order valence-electron chi connectivity index (χ3n) is 3.37. The fourth-order valence-corrected chi connectivity index (χ4v) is 2.19. The largest absolute Gasteiger partial charge is 0.389 e. The molecule has 1 aliphatic rings. The van der Waals surface area contributed by atoms with Crippen LogP contribution in [-0.2, 0) is 4.79 Å². The van der Waals surface area contributed by atoms with E-state index in [9.17, 15) is 4.79 Å². The van der Waals surface area contributed by atoms with Crippen LogP contribution in [0.15, 0.2) is 0 Å². The number of nitrogens with one attached hydrogen (secondary N) is 1. The van der Waals surface area contributed by atoms with E-state index in [1.165, 1.54) is 0 Å². The van der Waals surface area contributed by atoms with Crippen molar-refractivity contribution in [3.8, 4) is 0 Å². The number of nitrogens with zero attached hydrogens (tertiary/aromatic N) is 3. The van der Waals surface area contributed by atoms with Gasteiger partial charge in [-0.25, -0.2) is 0 Å². The summed E-state index contributed by atoms with van der Waals surface area (Å²) < 4.78 is 0. The molecule has 1 aromatic rings. The summed E-state index contributed by atoms with van der Waals surface area (Å²) >= 11 is 5.09. The molecule has 3 N–H and O–H groups in total. The molecule has 0 radical (unpaired) electrons. The molecule has 0 aromatic carbocycles. The number of carbonyl (C=O) groups is 1. The van der Waals surface area contributed by atoms with Crippen molar-refractivity contribution in [2.24, 2.45) is 5.73 Å². The van der Waals surface area contributed by atoms with Crippen molar-refractivity contribution in [3.05, 3.63) is 16.8 Å². The molecular weight excluding hydrogens is 274 g/mol. The van der Waals surface area contributed by atoms with Crippen LogP contribution in [0.5, 0.6) is 0 Å². The first-order valence-electron chi connectivity index (χ1n) is 6.54. The van der Waals surface area contributed by atoms with E-state index in [0.717, 1.165) is 24.1 Å². The normalized spacial score (nSPS) is 13.9. The highest BCUT2D eigenvalue weighted by atomic mass is 32.1. The minimum Gasteiger partial charge on any atom is -0.389 e. The zero-order valence-corrected chi connectivity index (χ0v) is 12.8. The molecule has 7 heteroatoms. The number of rotatable bonds is 5. The zero-order chi connectivity index (χ0) is 14.9. The highest BCUT2D eigenvalue weighted by Gasteiger charge is 2.24. The Bertz CT molecular complexity index is 556. The van der Waals surface area contributed by atoms with Crippen molar-refractivity contribution in [2.75, 3.05) is 18.5 Å². The molecule has 0 bridgehead atoms. The Kier molecular flexibility index (Phi) is 4.17. The first kappa shape index (κ1) is 14.6. The average Bonchev–Trinajstić information content (AvgIpc) is 3.15. The number of carbonyl (C=O) groups excluding carboxylic acids is 1. The summed E-state index contributed by atoms with van der Waals surface area (Å²) in [6.45, 7) is 3.97. The molecule has 6 nitrogen and oxygen atoms in total. The minimum atomic E-state index is -0.0242. The SMILES string of the molecule is Cc1nnc(N(C)CC(=O)NC2CC2)c(C(N)=S)c1C. The Morgan fingerprint density at radius 1 is 1.45 bits per heavy atom. The highest BCUT2D eigenvalue weighted by Crippen LogP contribution is 2.22. The Morgan fingerprint density at radius 2 is 2.10 bits per heavy atom. The second kappa shape index (κ2) is 5.70. The van der Waals surface area contributed by atoms with Gasteiger partial charge < -0.3 is 16.0 Å². The zero-order valence-electron chi connectivity index (χ0n) is 11.9. The Morgan fingerprint density at radius 3 is 2.65 bits per heavy atom. The number of amides is 1. The molecule has 20 heavy (non-hydrogen) atoms. The summed E-state index contributed by atoms with van der Waals surface area (Å²) in [5.74, 6) is 0.524. The van der Waals surface area contributed by atoms with E-state index in [1.807, 2.05) is 13.8 Å². The highest BCUT2D eigenvalue weighted by molar-refractivity contribution is 7.80. The number of likely N-dealkylation sites (N-methyl/N-ethyl adjacent to an activating group) is 1. The molecule has 1 heterocycles. The first-order chi connectivity index (χ1) is 9.40. The average molecular weight is 293 g/mol. The molecule has 2 rings (SSSR count). The van der Waals surface area contributed by atoms with E-state index in [2.05, 4.69) is 15.5 Å². The van der Waals surface area contributed by atoms with Crippen LogP contribution >= 0.6 is 12.2 Å². The van der Waals surface area contributed by atoms with Crippen LogP contribution in [0.25, 0.3) is 0 Å². The Labute approximate surface area is 123 Å². The van der Waals surface area contributed by atoms with Crippen LogP contribution < -0.4 is 16.0 Å². The maximum Gasteiger partial charge on any atom is 0.239 e. The number of hydrogen-bond acceptors (Lipinski definition) is 5. The van der Waals surface area contributed by atoms with Gasteiger partial charge in [-0.05, 0) is 32.3 Å². The number of hydrogen-bond donors (Lipinski definition) is 2. The molecule has 0 spiro atoms. The van der Waals surface area contributed by atoms with Crippen LogP contribution in [0.4, 0.5) is 5.82 Å². The monoisotopic (exact) mass is 293 g/mol. The van der Waals surface area contributed by atoms with Crippen LogP contribution in [0, 0.1) is 13.8 Å². The summed E-state index contributed by atoms with van der Waals surface area (Å²) in [6.07, 6.45) is 2.13. The van der Waals surface area contributed by atoms with Gasteiger partial charge in [0, 0.05) is 13.1 Å². The van der Waals surface area contributed by atoms with E-state index >= 15 is 0 Å². The van der Waals surface area contributed by atoms with Gasteiger partial charge in [0.05, 0.1) is 17.8 Å². The maximum absolute atomic E-state index is 11.8. The van der Waals surface area contributed by atoms with Crippen LogP contribution in [0.1, 0.15) is 29.7 Å². The second-order valence-electron chi connectivity index (χ2n) is 5.17.